The van der Waals surface area contributed by atoms with Crippen LogP contribution in [0.2, 0.25) is 0 Å². The highest BCUT2D eigenvalue weighted by Crippen LogP contribution is 2.40. The molecule has 18 heavy (non-hydrogen) atoms. The Labute approximate surface area is 105 Å². The second kappa shape index (κ2) is 4.26. The molecule has 0 aliphatic carbocycles. The third kappa shape index (κ3) is 2.39. The second-order valence-corrected chi connectivity index (χ2v) is 5.85. The molecule has 0 radical (unpaired) electrons. The van der Waals surface area contributed by atoms with Crippen molar-refractivity contribution in [2.75, 3.05) is 6.54 Å². The number of hydrogen-bond donors (Lipinski definition) is 1. The molecule has 0 unspecified atom stereocenters. The van der Waals surface area contributed by atoms with E-state index in [0.29, 0.717) is 12.1 Å². The summed E-state index contributed by atoms with van der Waals surface area (Å²) in [5.41, 5.74) is 2.12. The van der Waals surface area contributed by atoms with Gasteiger partial charge in [0, 0.05) is 13.1 Å². The first kappa shape index (κ1) is 13.4. The van der Waals surface area contributed by atoms with Crippen molar-refractivity contribution in [2.45, 2.75) is 44.8 Å². The molecule has 1 heterocycles. The van der Waals surface area contributed by atoms with Crippen LogP contribution in [0, 0.1) is 0 Å². The molecular formula is C14H18F3N. The first-order valence-electron chi connectivity index (χ1n) is 6.11. The molecule has 2 rings (SSSR count). The second-order valence-electron chi connectivity index (χ2n) is 5.85. The average molecular weight is 257 g/mol. The molecule has 0 saturated carbocycles. The van der Waals surface area contributed by atoms with E-state index in [-0.39, 0.29) is 12.0 Å². The van der Waals surface area contributed by atoms with Gasteiger partial charge in [-0.25, -0.2) is 0 Å². The lowest BCUT2D eigenvalue weighted by molar-refractivity contribution is -0.150. The molecule has 0 aromatic heterocycles. The van der Waals surface area contributed by atoms with E-state index in [1.165, 1.54) is 0 Å². The molecule has 0 bridgehead atoms. The minimum Gasteiger partial charge on any atom is -0.312 e. The van der Waals surface area contributed by atoms with Gasteiger partial charge in [0.15, 0.2) is 0 Å². The summed E-state index contributed by atoms with van der Waals surface area (Å²) in [6, 6.07) is 5.28. The molecule has 100 valence electrons. The largest absolute Gasteiger partial charge is 0.396 e. The summed E-state index contributed by atoms with van der Waals surface area (Å²) in [7, 11) is 0. The van der Waals surface area contributed by atoms with Gasteiger partial charge in [-0.15, -0.1) is 0 Å². The fourth-order valence-electron chi connectivity index (χ4n) is 2.57. The Kier molecular flexibility index (Phi) is 3.18. The monoisotopic (exact) mass is 257 g/mol. The molecule has 0 fully saturated rings. The maximum atomic E-state index is 13.0. The number of halogens is 3. The summed E-state index contributed by atoms with van der Waals surface area (Å²) in [4.78, 5) is 0. The van der Waals surface area contributed by atoms with Gasteiger partial charge in [0.1, 0.15) is 0 Å². The molecule has 0 spiro atoms. The lowest BCUT2D eigenvalue weighted by Crippen LogP contribution is -2.37. The van der Waals surface area contributed by atoms with E-state index in [2.05, 4.69) is 5.32 Å². The quantitative estimate of drug-likeness (QED) is 0.746. The third-order valence-electron chi connectivity index (χ3n) is 3.44. The summed E-state index contributed by atoms with van der Waals surface area (Å²) in [5.74, 6) is -1.39. The molecular weight excluding hydrogens is 239 g/mol. The zero-order valence-electron chi connectivity index (χ0n) is 10.9. The molecule has 1 aliphatic heterocycles. The van der Waals surface area contributed by atoms with Gasteiger partial charge in [0.2, 0.25) is 0 Å². The summed E-state index contributed by atoms with van der Waals surface area (Å²) < 4.78 is 39.0. The molecule has 1 aliphatic rings. The molecule has 4 heteroatoms. The van der Waals surface area contributed by atoms with E-state index in [9.17, 15) is 13.2 Å². The average Bonchev–Trinajstić information content (AvgIpc) is 2.24. The van der Waals surface area contributed by atoms with Crippen LogP contribution in [0.25, 0.3) is 0 Å². The first-order valence-corrected chi connectivity index (χ1v) is 6.11. The van der Waals surface area contributed by atoms with Gasteiger partial charge in [-0.1, -0.05) is 39.0 Å². The van der Waals surface area contributed by atoms with Crippen molar-refractivity contribution in [1.29, 1.82) is 0 Å². The summed E-state index contributed by atoms with van der Waals surface area (Å²) >= 11 is 0. The van der Waals surface area contributed by atoms with E-state index in [1.54, 1.807) is 12.1 Å². The van der Waals surface area contributed by atoms with Gasteiger partial charge in [-0.2, -0.15) is 13.2 Å². The van der Waals surface area contributed by atoms with Crippen LogP contribution in [-0.2, 0) is 12.0 Å². The fourth-order valence-corrected chi connectivity index (χ4v) is 2.57. The molecule has 0 saturated heterocycles. The van der Waals surface area contributed by atoms with Crippen LogP contribution in [0.4, 0.5) is 13.2 Å². The van der Waals surface area contributed by atoms with Crippen molar-refractivity contribution in [3.8, 4) is 0 Å². The minimum absolute atomic E-state index is 0.0237. The number of hydrogen-bond acceptors (Lipinski definition) is 1. The maximum Gasteiger partial charge on any atom is 0.396 e. The van der Waals surface area contributed by atoms with Gasteiger partial charge in [0.25, 0.3) is 0 Å². The van der Waals surface area contributed by atoms with Gasteiger partial charge in [-0.3, -0.25) is 0 Å². The van der Waals surface area contributed by atoms with Crippen LogP contribution >= 0.6 is 0 Å². The summed E-state index contributed by atoms with van der Waals surface area (Å²) in [6.07, 6.45) is -4.18. The van der Waals surface area contributed by atoms with Crippen LogP contribution in [0.1, 0.15) is 43.4 Å². The molecule has 1 nitrogen and oxygen atoms in total. The molecule has 1 N–H and O–H groups in total. The number of alkyl halides is 3. The fraction of sp³-hybridized carbons (Fsp3) is 0.571. The predicted molar refractivity (Wildman–Crippen MR) is 65.6 cm³/mol. The Hall–Kier alpha value is -1.03. The van der Waals surface area contributed by atoms with Crippen molar-refractivity contribution in [1.82, 2.24) is 5.32 Å². The van der Waals surface area contributed by atoms with E-state index in [4.69, 9.17) is 0 Å². The van der Waals surface area contributed by atoms with Crippen molar-refractivity contribution < 1.29 is 13.2 Å². The van der Waals surface area contributed by atoms with Crippen molar-refractivity contribution >= 4 is 0 Å². The number of benzene rings is 1. The molecule has 1 aromatic rings. The Morgan fingerprint density at radius 3 is 2.39 bits per heavy atom. The minimum atomic E-state index is -4.18. The molecule has 0 amide bonds. The topological polar surface area (TPSA) is 12.0 Å². The van der Waals surface area contributed by atoms with Crippen LogP contribution < -0.4 is 5.32 Å². The Morgan fingerprint density at radius 2 is 1.83 bits per heavy atom. The van der Waals surface area contributed by atoms with E-state index in [1.807, 2.05) is 26.8 Å². The van der Waals surface area contributed by atoms with Gasteiger partial charge >= 0.3 is 6.18 Å². The Balaban J connectivity index is 2.54. The van der Waals surface area contributed by atoms with Crippen LogP contribution in [0.3, 0.4) is 0 Å². The SMILES string of the molecule is CC(C)(C)c1cccc2c1CNC[C@H]2C(F)(F)F. The molecule has 1 aromatic carbocycles. The summed E-state index contributed by atoms with van der Waals surface area (Å²) in [5, 5.41) is 2.89. The Bertz CT molecular complexity index is 443. The first-order chi connectivity index (χ1) is 8.21. The van der Waals surface area contributed by atoms with Crippen LogP contribution in [-0.4, -0.2) is 12.7 Å². The van der Waals surface area contributed by atoms with Gasteiger partial charge in [0.05, 0.1) is 5.92 Å². The number of nitrogens with one attached hydrogen (secondary N) is 1. The van der Waals surface area contributed by atoms with E-state index < -0.39 is 12.1 Å². The van der Waals surface area contributed by atoms with Crippen molar-refractivity contribution in [3.63, 3.8) is 0 Å². The number of fused-ring (bicyclic) bond motifs is 1. The van der Waals surface area contributed by atoms with Gasteiger partial charge < -0.3 is 5.32 Å². The van der Waals surface area contributed by atoms with E-state index in [0.717, 1.165) is 11.1 Å². The standard InChI is InChI=1S/C14H18F3N/c1-13(2,3)11-6-4-5-9-10(11)7-18-8-12(9)14(15,16)17/h4-6,12,18H,7-8H2,1-3H3/t12-/m1/s1. The van der Waals surface area contributed by atoms with E-state index >= 15 is 0 Å². The number of rotatable bonds is 0. The highest BCUT2D eigenvalue weighted by molar-refractivity contribution is 5.43. The smallest absolute Gasteiger partial charge is 0.312 e. The third-order valence-corrected chi connectivity index (χ3v) is 3.44. The zero-order valence-corrected chi connectivity index (χ0v) is 10.9. The normalized spacial score (nSPS) is 20.7. The molecule has 1 atom stereocenters. The highest BCUT2D eigenvalue weighted by Gasteiger charge is 2.43. The van der Waals surface area contributed by atoms with Crippen molar-refractivity contribution in [3.05, 3.63) is 34.9 Å². The summed E-state index contributed by atoms with van der Waals surface area (Å²) in [6.45, 7) is 6.58. The Morgan fingerprint density at radius 1 is 1.17 bits per heavy atom. The van der Waals surface area contributed by atoms with Crippen molar-refractivity contribution in [2.24, 2.45) is 0 Å². The maximum absolute atomic E-state index is 13.0. The lowest BCUT2D eigenvalue weighted by Gasteiger charge is -2.33. The van der Waals surface area contributed by atoms with Crippen LogP contribution in [0.15, 0.2) is 18.2 Å². The zero-order chi connectivity index (χ0) is 13.6. The lowest BCUT2D eigenvalue weighted by atomic mass is 9.78. The van der Waals surface area contributed by atoms with Crippen LogP contribution in [0.5, 0.6) is 0 Å². The highest BCUT2D eigenvalue weighted by atomic mass is 19.4. The predicted octanol–water partition coefficient (Wildman–Crippen LogP) is 3.73. The van der Waals surface area contributed by atoms with Gasteiger partial charge in [-0.05, 0) is 22.1 Å².